The summed E-state index contributed by atoms with van der Waals surface area (Å²) in [4.78, 5) is 43.7. The normalized spacial score (nSPS) is 29.1. The van der Waals surface area contributed by atoms with Crippen LogP contribution in [0.4, 0.5) is 0 Å². The number of carboxylic acids is 1. The molecule has 3 fully saturated rings. The lowest BCUT2D eigenvalue weighted by atomic mass is 9.81. The lowest BCUT2D eigenvalue weighted by Gasteiger charge is -2.33. The van der Waals surface area contributed by atoms with E-state index in [1.807, 2.05) is 0 Å². The molecule has 2 N–H and O–H groups in total. The minimum Gasteiger partial charge on any atom is -0.481 e. The van der Waals surface area contributed by atoms with Crippen molar-refractivity contribution >= 4 is 11.9 Å². The van der Waals surface area contributed by atoms with E-state index >= 15 is 0 Å². The second kappa shape index (κ2) is 6.78. The summed E-state index contributed by atoms with van der Waals surface area (Å²) in [7, 11) is 0. The topological polar surface area (TPSA) is 93.7 Å². The van der Waals surface area contributed by atoms with Gasteiger partial charge in [0.25, 0.3) is 5.91 Å². The predicted molar refractivity (Wildman–Crippen MR) is 99.7 cm³/mol. The first-order chi connectivity index (χ1) is 12.9. The third kappa shape index (κ3) is 3.18. The van der Waals surface area contributed by atoms with Gasteiger partial charge < -0.3 is 15.0 Å². The molecule has 1 aromatic heterocycles. The number of aromatic amines is 1. The summed E-state index contributed by atoms with van der Waals surface area (Å²) in [6, 6.07) is 3.22. The quantitative estimate of drug-likeness (QED) is 0.837. The van der Waals surface area contributed by atoms with E-state index in [2.05, 4.69) is 9.88 Å². The third-order valence-corrected chi connectivity index (χ3v) is 6.65. The van der Waals surface area contributed by atoms with E-state index in [9.17, 15) is 19.5 Å². The van der Waals surface area contributed by atoms with Crippen molar-refractivity contribution in [2.75, 3.05) is 26.2 Å². The fraction of sp³-hybridized carbons (Fsp3) is 0.650. The number of fused-ring (bicyclic) bond motifs is 1. The van der Waals surface area contributed by atoms with E-state index in [4.69, 9.17) is 0 Å². The minimum absolute atomic E-state index is 0.0580. The van der Waals surface area contributed by atoms with Crippen LogP contribution in [-0.4, -0.2) is 64.0 Å². The molecule has 2 atom stereocenters. The first kappa shape index (κ1) is 18.2. The van der Waals surface area contributed by atoms with Crippen LogP contribution in [0, 0.1) is 18.3 Å². The number of rotatable bonds is 3. The molecule has 1 aromatic rings. The Labute approximate surface area is 158 Å². The summed E-state index contributed by atoms with van der Waals surface area (Å²) in [5, 5.41) is 10.0. The van der Waals surface area contributed by atoms with Crippen LogP contribution in [0.2, 0.25) is 0 Å². The monoisotopic (exact) mass is 373 g/mol. The van der Waals surface area contributed by atoms with E-state index < -0.39 is 11.4 Å². The summed E-state index contributed by atoms with van der Waals surface area (Å²) in [5.41, 5.74) is -0.242. The first-order valence-electron chi connectivity index (χ1n) is 9.87. The number of pyridine rings is 1. The number of amides is 1. The van der Waals surface area contributed by atoms with Gasteiger partial charge in [0.1, 0.15) is 11.1 Å². The van der Waals surface area contributed by atoms with Gasteiger partial charge in [-0.1, -0.05) is 19.3 Å². The molecule has 0 spiro atoms. The van der Waals surface area contributed by atoms with Crippen molar-refractivity contribution in [2.24, 2.45) is 11.3 Å². The van der Waals surface area contributed by atoms with Crippen LogP contribution < -0.4 is 5.43 Å². The van der Waals surface area contributed by atoms with Crippen molar-refractivity contribution < 1.29 is 14.7 Å². The largest absolute Gasteiger partial charge is 0.481 e. The Morgan fingerprint density at radius 3 is 2.52 bits per heavy atom. The highest BCUT2D eigenvalue weighted by molar-refractivity contribution is 5.93. The van der Waals surface area contributed by atoms with Crippen molar-refractivity contribution in [3.05, 3.63) is 33.7 Å². The SMILES string of the molecule is Cc1cc(=O)cc(C(=O)N2C[C@H]3CN(C4CCCCC4)C[C@@]3(C(=O)O)C2)[nH]1. The van der Waals surface area contributed by atoms with Gasteiger partial charge >= 0.3 is 5.97 Å². The summed E-state index contributed by atoms with van der Waals surface area (Å²) >= 11 is 0. The summed E-state index contributed by atoms with van der Waals surface area (Å²) < 4.78 is 0. The number of nitrogens with zero attached hydrogens (tertiary/aromatic N) is 2. The molecule has 0 radical (unpaired) electrons. The van der Waals surface area contributed by atoms with Crippen molar-refractivity contribution in [1.29, 1.82) is 0 Å². The number of H-pyrrole nitrogens is 1. The molecule has 1 saturated carbocycles. The molecule has 7 heteroatoms. The number of carbonyl (C=O) groups is 2. The van der Waals surface area contributed by atoms with Gasteiger partial charge in [0.2, 0.25) is 0 Å². The van der Waals surface area contributed by atoms with E-state index in [0.717, 1.165) is 19.4 Å². The molecule has 1 amide bonds. The van der Waals surface area contributed by atoms with Crippen molar-refractivity contribution in [3.8, 4) is 0 Å². The highest BCUT2D eigenvalue weighted by Crippen LogP contribution is 2.45. The van der Waals surface area contributed by atoms with Gasteiger partial charge in [-0.3, -0.25) is 19.3 Å². The summed E-state index contributed by atoms with van der Waals surface area (Å²) in [6.07, 6.45) is 6.01. The minimum atomic E-state index is -0.892. The van der Waals surface area contributed by atoms with Crippen LogP contribution in [-0.2, 0) is 4.79 Å². The fourth-order valence-corrected chi connectivity index (χ4v) is 5.25. The molecule has 0 unspecified atom stereocenters. The molecule has 2 saturated heterocycles. The third-order valence-electron chi connectivity index (χ3n) is 6.65. The smallest absolute Gasteiger partial charge is 0.313 e. The highest BCUT2D eigenvalue weighted by atomic mass is 16.4. The number of likely N-dealkylation sites (tertiary alicyclic amines) is 2. The number of carboxylic acid groups (broad SMARTS) is 1. The molecule has 3 heterocycles. The van der Waals surface area contributed by atoms with Gasteiger partial charge in [-0.15, -0.1) is 0 Å². The van der Waals surface area contributed by atoms with E-state index in [1.54, 1.807) is 11.8 Å². The maximum Gasteiger partial charge on any atom is 0.313 e. The zero-order valence-corrected chi connectivity index (χ0v) is 15.7. The highest BCUT2D eigenvalue weighted by Gasteiger charge is 2.59. The number of hydrogen-bond donors (Lipinski definition) is 2. The number of nitrogens with one attached hydrogen (secondary N) is 1. The van der Waals surface area contributed by atoms with Crippen LogP contribution in [0.15, 0.2) is 16.9 Å². The molecule has 27 heavy (non-hydrogen) atoms. The van der Waals surface area contributed by atoms with Gasteiger partial charge in [-0.25, -0.2) is 0 Å². The van der Waals surface area contributed by atoms with Crippen LogP contribution in [0.1, 0.15) is 48.3 Å². The Morgan fingerprint density at radius 2 is 1.89 bits per heavy atom. The Morgan fingerprint density at radius 1 is 1.15 bits per heavy atom. The van der Waals surface area contributed by atoms with Gasteiger partial charge in [0.15, 0.2) is 5.43 Å². The predicted octanol–water partition coefficient (Wildman–Crippen LogP) is 1.47. The molecule has 2 aliphatic heterocycles. The number of aryl methyl sites for hydroxylation is 1. The van der Waals surface area contributed by atoms with Gasteiger partial charge in [0.05, 0.1) is 0 Å². The molecular weight excluding hydrogens is 346 g/mol. The Kier molecular flexibility index (Phi) is 4.58. The molecule has 3 aliphatic rings. The second-order valence-corrected chi connectivity index (χ2v) is 8.48. The van der Waals surface area contributed by atoms with E-state index in [-0.39, 0.29) is 29.5 Å². The summed E-state index contributed by atoms with van der Waals surface area (Å²) in [5.74, 6) is -1.15. The van der Waals surface area contributed by atoms with Crippen LogP contribution in [0.3, 0.4) is 0 Å². The molecule has 1 aliphatic carbocycles. The van der Waals surface area contributed by atoms with Crippen molar-refractivity contribution in [1.82, 2.24) is 14.8 Å². The maximum atomic E-state index is 12.9. The van der Waals surface area contributed by atoms with Gasteiger partial charge in [-0.2, -0.15) is 0 Å². The standard InChI is InChI=1S/C20H27N3O4/c1-13-7-16(24)8-17(21-13)18(25)23-10-14-9-22(15-5-3-2-4-6-15)11-20(14,12-23)19(26)27/h7-8,14-15H,2-6,9-12H2,1H3,(H,21,24)(H,26,27)/t14-,20-/m1/s1. The van der Waals surface area contributed by atoms with Gasteiger partial charge in [0, 0.05) is 56.0 Å². The molecule has 0 bridgehead atoms. The average molecular weight is 373 g/mol. The Bertz CT molecular complexity index is 814. The maximum absolute atomic E-state index is 12.9. The number of carbonyl (C=O) groups excluding carboxylic acids is 1. The number of aromatic nitrogens is 1. The van der Waals surface area contributed by atoms with E-state index in [0.29, 0.717) is 24.8 Å². The Balaban J connectivity index is 1.53. The lowest BCUT2D eigenvalue weighted by molar-refractivity contribution is -0.148. The van der Waals surface area contributed by atoms with Crippen LogP contribution in [0.5, 0.6) is 0 Å². The van der Waals surface area contributed by atoms with Crippen LogP contribution in [0.25, 0.3) is 0 Å². The van der Waals surface area contributed by atoms with Crippen molar-refractivity contribution in [3.63, 3.8) is 0 Å². The van der Waals surface area contributed by atoms with Crippen molar-refractivity contribution in [2.45, 2.75) is 45.1 Å². The number of aliphatic carboxylic acids is 1. The Hall–Kier alpha value is -2.15. The van der Waals surface area contributed by atoms with Gasteiger partial charge in [-0.05, 0) is 19.8 Å². The molecule has 0 aromatic carbocycles. The fourth-order valence-electron chi connectivity index (χ4n) is 5.25. The van der Waals surface area contributed by atoms with Crippen LogP contribution >= 0.6 is 0 Å². The molecule has 146 valence electrons. The second-order valence-electron chi connectivity index (χ2n) is 8.48. The molecular formula is C20H27N3O4. The molecule has 4 rings (SSSR count). The first-order valence-corrected chi connectivity index (χ1v) is 9.87. The van der Waals surface area contributed by atoms with E-state index in [1.165, 1.54) is 31.4 Å². The average Bonchev–Trinajstić information content (AvgIpc) is 3.16. The zero-order chi connectivity index (χ0) is 19.2. The lowest BCUT2D eigenvalue weighted by Crippen LogP contribution is -2.44. The summed E-state index contributed by atoms with van der Waals surface area (Å²) in [6.45, 7) is 3.64. The number of hydrogen-bond acceptors (Lipinski definition) is 4. The molecule has 7 nitrogen and oxygen atoms in total. The zero-order valence-electron chi connectivity index (χ0n) is 15.7.